The van der Waals surface area contributed by atoms with E-state index in [-0.39, 0.29) is 24.3 Å². The Bertz CT molecular complexity index is 1160. The maximum Gasteiger partial charge on any atom is 0.331 e. The molecule has 0 amide bonds. The zero-order valence-corrected chi connectivity index (χ0v) is 16.4. The summed E-state index contributed by atoms with van der Waals surface area (Å²) in [7, 11) is 2.92. The molecule has 7 nitrogen and oxygen atoms in total. The largest absolute Gasteiger partial charge is 0.493 e. The van der Waals surface area contributed by atoms with E-state index in [2.05, 4.69) is 0 Å². The number of hydrogen-bond acceptors (Lipinski definition) is 5. The molecule has 2 aromatic carbocycles. The summed E-state index contributed by atoms with van der Waals surface area (Å²) in [5.74, 6) is 0.441. The van der Waals surface area contributed by atoms with E-state index in [1.807, 2.05) is 0 Å². The molecule has 0 radical (unpaired) electrons. The van der Waals surface area contributed by atoms with Crippen molar-refractivity contribution in [3.05, 3.63) is 67.8 Å². The highest BCUT2D eigenvalue weighted by molar-refractivity contribution is 6.30. The van der Waals surface area contributed by atoms with Gasteiger partial charge in [0.25, 0.3) is 5.56 Å². The first-order chi connectivity index (χ1) is 13.4. The Morgan fingerprint density at radius 3 is 2.18 bits per heavy atom. The maximum absolute atomic E-state index is 12.9. The Morgan fingerprint density at radius 1 is 1.00 bits per heavy atom. The molecule has 0 saturated carbocycles. The van der Waals surface area contributed by atoms with Gasteiger partial charge in [-0.2, -0.15) is 0 Å². The summed E-state index contributed by atoms with van der Waals surface area (Å²) in [6.07, 6.45) is 0. The molecule has 1 aromatic heterocycles. The number of ether oxygens (including phenoxy) is 2. The molecule has 0 saturated heterocycles. The SMILES string of the molecule is CCn1c(=O)c2cc(OC)c(OC)cc2n(CC(=O)c2ccc(Cl)cc2)c1=O. The van der Waals surface area contributed by atoms with Gasteiger partial charge in [-0.05, 0) is 37.3 Å². The second kappa shape index (κ2) is 7.90. The predicted octanol–water partition coefficient (Wildman–Crippen LogP) is 2.74. The lowest BCUT2D eigenvalue weighted by molar-refractivity contribution is 0.0971. The minimum absolute atomic E-state index is 0.178. The van der Waals surface area contributed by atoms with E-state index in [0.29, 0.717) is 27.6 Å². The van der Waals surface area contributed by atoms with Crippen LogP contribution in [0.25, 0.3) is 10.9 Å². The normalized spacial score (nSPS) is 10.9. The number of hydrogen-bond donors (Lipinski definition) is 0. The molecule has 0 aliphatic heterocycles. The van der Waals surface area contributed by atoms with Crippen molar-refractivity contribution in [1.29, 1.82) is 0 Å². The minimum Gasteiger partial charge on any atom is -0.493 e. The van der Waals surface area contributed by atoms with Crippen LogP contribution in [0, 0.1) is 0 Å². The summed E-state index contributed by atoms with van der Waals surface area (Å²) in [4.78, 5) is 38.4. The summed E-state index contributed by atoms with van der Waals surface area (Å²) >= 11 is 5.87. The molecule has 0 aliphatic carbocycles. The van der Waals surface area contributed by atoms with Crippen molar-refractivity contribution in [2.45, 2.75) is 20.0 Å². The standard InChI is InChI=1S/C20H19ClN2O5/c1-4-22-19(25)14-9-17(27-2)18(28-3)10-15(14)23(20(22)26)11-16(24)12-5-7-13(21)8-6-12/h5-10H,4,11H2,1-3H3. The molecular formula is C20H19ClN2O5. The van der Waals surface area contributed by atoms with E-state index < -0.39 is 11.2 Å². The zero-order chi connectivity index (χ0) is 20.4. The van der Waals surface area contributed by atoms with E-state index >= 15 is 0 Å². The number of ketones is 1. The first-order valence-electron chi connectivity index (χ1n) is 8.59. The lowest BCUT2D eigenvalue weighted by atomic mass is 10.1. The van der Waals surface area contributed by atoms with Crippen molar-refractivity contribution < 1.29 is 14.3 Å². The number of Topliss-reactive ketones (excluding diaryl/α,β-unsaturated/α-hetero) is 1. The van der Waals surface area contributed by atoms with Crippen LogP contribution in [0.2, 0.25) is 5.02 Å². The number of aromatic nitrogens is 2. The molecule has 1 heterocycles. The van der Waals surface area contributed by atoms with Crippen molar-refractivity contribution in [2.75, 3.05) is 14.2 Å². The lowest BCUT2D eigenvalue weighted by Crippen LogP contribution is -2.40. The Morgan fingerprint density at radius 2 is 1.61 bits per heavy atom. The highest BCUT2D eigenvalue weighted by Gasteiger charge is 2.18. The number of fused-ring (bicyclic) bond motifs is 1. The van der Waals surface area contributed by atoms with Gasteiger partial charge in [0.15, 0.2) is 17.3 Å². The van der Waals surface area contributed by atoms with Gasteiger partial charge in [-0.3, -0.25) is 18.7 Å². The molecule has 0 bridgehead atoms. The summed E-state index contributed by atoms with van der Waals surface area (Å²) in [5.41, 5.74) is -0.285. The fourth-order valence-corrected chi connectivity index (χ4v) is 3.17. The van der Waals surface area contributed by atoms with Gasteiger partial charge in [0.1, 0.15) is 0 Å². The van der Waals surface area contributed by atoms with E-state index in [1.165, 1.54) is 30.9 Å². The Kier molecular flexibility index (Phi) is 5.56. The molecule has 146 valence electrons. The molecule has 28 heavy (non-hydrogen) atoms. The Balaban J connectivity index is 2.25. The first-order valence-corrected chi connectivity index (χ1v) is 8.97. The van der Waals surface area contributed by atoms with Gasteiger partial charge in [0.2, 0.25) is 0 Å². The van der Waals surface area contributed by atoms with Crippen LogP contribution in [0.1, 0.15) is 17.3 Å². The molecule has 0 fully saturated rings. The third-order valence-electron chi connectivity index (χ3n) is 4.51. The van der Waals surface area contributed by atoms with Crippen LogP contribution in [0.4, 0.5) is 0 Å². The smallest absolute Gasteiger partial charge is 0.331 e. The van der Waals surface area contributed by atoms with Crippen molar-refractivity contribution >= 4 is 28.3 Å². The molecule has 8 heteroatoms. The molecule has 0 N–H and O–H groups in total. The average Bonchev–Trinajstić information content (AvgIpc) is 2.70. The first kappa shape index (κ1) is 19.7. The molecule has 0 unspecified atom stereocenters. The fourth-order valence-electron chi connectivity index (χ4n) is 3.05. The van der Waals surface area contributed by atoms with E-state index in [9.17, 15) is 14.4 Å². The third kappa shape index (κ3) is 3.41. The maximum atomic E-state index is 12.9. The van der Waals surface area contributed by atoms with E-state index in [0.717, 1.165) is 4.57 Å². The van der Waals surface area contributed by atoms with Gasteiger partial charge in [-0.25, -0.2) is 4.79 Å². The highest BCUT2D eigenvalue weighted by Crippen LogP contribution is 2.30. The molecule has 0 spiro atoms. The highest BCUT2D eigenvalue weighted by atomic mass is 35.5. The number of benzene rings is 2. The summed E-state index contributed by atoms with van der Waals surface area (Å²) < 4.78 is 12.9. The number of carbonyl (C=O) groups excluding carboxylic acids is 1. The van der Waals surface area contributed by atoms with E-state index in [1.54, 1.807) is 31.2 Å². The van der Waals surface area contributed by atoms with Crippen LogP contribution in [-0.4, -0.2) is 29.1 Å². The van der Waals surface area contributed by atoms with Crippen LogP contribution in [-0.2, 0) is 13.1 Å². The van der Waals surface area contributed by atoms with Crippen LogP contribution in [0.5, 0.6) is 11.5 Å². The van der Waals surface area contributed by atoms with Crippen molar-refractivity contribution in [2.24, 2.45) is 0 Å². The van der Waals surface area contributed by atoms with Crippen LogP contribution in [0.3, 0.4) is 0 Å². The average molecular weight is 403 g/mol. The number of nitrogens with zero attached hydrogens (tertiary/aromatic N) is 2. The number of carbonyl (C=O) groups is 1. The Hall–Kier alpha value is -3.06. The van der Waals surface area contributed by atoms with Crippen molar-refractivity contribution in [1.82, 2.24) is 9.13 Å². The van der Waals surface area contributed by atoms with Gasteiger partial charge in [0.05, 0.1) is 31.7 Å². The van der Waals surface area contributed by atoms with Gasteiger partial charge in [0, 0.05) is 23.2 Å². The predicted molar refractivity (Wildman–Crippen MR) is 107 cm³/mol. The Labute approximate surface area is 165 Å². The zero-order valence-electron chi connectivity index (χ0n) is 15.7. The number of halogens is 1. The summed E-state index contributed by atoms with van der Waals surface area (Å²) in [6, 6.07) is 9.46. The van der Waals surface area contributed by atoms with E-state index in [4.69, 9.17) is 21.1 Å². The lowest BCUT2D eigenvalue weighted by Gasteiger charge is -2.15. The second-order valence-corrected chi connectivity index (χ2v) is 6.51. The van der Waals surface area contributed by atoms with Gasteiger partial charge in [-0.15, -0.1) is 0 Å². The fraction of sp³-hybridized carbons (Fsp3) is 0.250. The summed E-state index contributed by atoms with van der Waals surface area (Å²) in [6.45, 7) is 1.64. The van der Waals surface area contributed by atoms with Crippen molar-refractivity contribution in [3.63, 3.8) is 0 Å². The van der Waals surface area contributed by atoms with Crippen LogP contribution >= 0.6 is 11.6 Å². The monoisotopic (exact) mass is 402 g/mol. The molecule has 0 atom stereocenters. The number of methoxy groups -OCH3 is 2. The second-order valence-electron chi connectivity index (χ2n) is 6.07. The topological polar surface area (TPSA) is 79.5 Å². The number of rotatable bonds is 6. The molecule has 0 aliphatic rings. The summed E-state index contributed by atoms with van der Waals surface area (Å²) in [5, 5.41) is 0.776. The van der Waals surface area contributed by atoms with Gasteiger partial charge >= 0.3 is 5.69 Å². The minimum atomic E-state index is -0.561. The van der Waals surface area contributed by atoms with Crippen LogP contribution in [0.15, 0.2) is 46.0 Å². The quantitative estimate of drug-likeness (QED) is 0.592. The van der Waals surface area contributed by atoms with Gasteiger partial charge < -0.3 is 9.47 Å². The molecular weight excluding hydrogens is 384 g/mol. The van der Waals surface area contributed by atoms with Gasteiger partial charge in [-0.1, -0.05) is 11.6 Å². The third-order valence-corrected chi connectivity index (χ3v) is 4.77. The molecule has 3 rings (SSSR count). The molecule has 3 aromatic rings. The van der Waals surface area contributed by atoms with Crippen LogP contribution < -0.4 is 20.7 Å². The van der Waals surface area contributed by atoms with Crippen molar-refractivity contribution in [3.8, 4) is 11.5 Å².